The van der Waals surface area contributed by atoms with Crippen LogP contribution < -0.4 is 0 Å². The van der Waals surface area contributed by atoms with Gasteiger partial charge >= 0.3 is 5.97 Å². The third kappa shape index (κ3) is 7.10. The first-order valence-electron chi connectivity index (χ1n) is 12.2. The van der Waals surface area contributed by atoms with Crippen LogP contribution in [0.15, 0.2) is 23.1 Å². The van der Waals surface area contributed by atoms with E-state index >= 15 is 0 Å². The van der Waals surface area contributed by atoms with Crippen LogP contribution in [0.3, 0.4) is 0 Å². The second-order valence-electron chi connectivity index (χ2n) is 8.72. The van der Waals surface area contributed by atoms with Crippen LogP contribution in [0, 0.1) is 0 Å². The van der Waals surface area contributed by atoms with Crippen molar-refractivity contribution in [3.8, 4) is 0 Å². The molecule has 0 saturated heterocycles. The van der Waals surface area contributed by atoms with Crippen molar-refractivity contribution in [3.63, 3.8) is 0 Å². The largest absolute Gasteiger partial charge is 0.466 e. The number of ether oxygens (including phenoxy) is 3. The lowest BCUT2D eigenvalue weighted by atomic mass is 9.76. The lowest BCUT2D eigenvalue weighted by Gasteiger charge is -2.22. The maximum atomic E-state index is 11.8. The smallest absolute Gasteiger partial charge is 0.305 e. The molecule has 0 radical (unpaired) electrons. The maximum Gasteiger partial charge on any atom is 0.305 e. The van der Waals surface area contributed by atoms with Gasteiger partial charge in [0.2, 0.25) is 5.69 Å². The average molecular weight is 499 g/mol. The van der Waals surface area contributed by atoms with Crippen LogP contribution in [0.2, 0.25) is 0 Å². The summed E-state index contributed by atoms with van der Waals surface area (Å²) in [6.07, 6.45) is 4.04. The van der Waals surface area contributed by atoms with E-state index in [-0.39, 0.29) is 17.2 Å². The van der Waals surface area contributed by atoms with E-state index in [0.29, 0.717) is 39.2 Å². The number of esters is 1. The maximum absolute atomic E-state index is 11.8. The molecule has 1 N–H and O–H groups in total. The minimum atomic E-state index is -4.31. The predicted octanol–water partition coefficient (Wildman–Crippen LogP) is 4.61. The van der Waals surface area contributed by atoms with Gasteiger partial charge in [-0.05, 0) is 52.7 Å². The summed E-state index contributed by atoms with van der Waals surface area (Å²) in [5.41, 5.74) is 2.54. The summed E-state index contributed by atoms with van der Waals surface area (Å²) in [4.78, 5) is 11.5. The molecule has 0 saturated carbocycles. The van der Waals surface area contributed by atoms with Gasteiger partial charge in [-0.25, -0.2) is 0 Å². The molecule has 192 valence electrons. The van der Waals surface area contributed by atoms with Crippen LogP contribution in [0.1, 0.15) is 78.7 Å². The Bertz CT molecular complexity index is 967. The average Bonchev–Trinajstić information content (AvgIpc) is 2.98. The van der Waals surface area contributed by atoms with Gasteiger partial charge < -0.3 is 14.2 Å². The first kappa shape index (κ1) is 28.4. The highest BCUT2D eigenvalue weighted by Gasteiger charge is 2.46. The van der Waals surface area contributed by atoms with Crippen molar-refractivity contribution in [2.45, 2.75) is 89.7 Å². The Labute approximate surface area is 204 Å². The lowest BCUT2D eigenvalue weighted by Crippen LogP contribution is -2.31. The third-order valence-corrected chi connectivity index (χ3v) is 7.36. The van der Waals surface area contributed by atoms with Crippen molar-refractivity contribution in [1.82, 2.24) is 0 Å². The van der Waals surface area contributed by atoms with Crippen molar-refractivity contribution in [3.05, 3.63) is 23.8 Å². The molecule has 1 aliphatic heterocycles. The standard InChI is InChI=1S/C25H39NO7S/c1-6-31-23(27)12-10-9-11-16-25(5)19(4)26(17-15-24(32-7-2)33-8-3)22-14-13-20(18-21(22)25)34(28,29)30/h13-14,18,24H,6-12,15-17H2,1-5H3/p+1. The summed E-state index contributed by atoms with van der Waals surface area (Å²) >= 11 is 0. The van der Waals surface area contributed by atoms with Gasteiger partial charge in [-0.2, -0.15) is 13.0 Å². The Morgan fingerprint density at radius 2 is 1.76 bits per heavy atom. The van der Waals surface area contributed by atoms with E-state index in [0.717, 1.165) is 42.6 Å². The van der Waals surface area contributed by atoms with Crippen LogP contribution in [0.5, 0.6) is 0 Å². The fourth-order valence-corrected chi connectivity index (χ4v) is 5.12. The number of fused-ring (bicyclic) bond motifs is 1. The monoisotopic (exact) mass is 498 g/mol. The number of nitrogens with zero attached hydrogens (tertiary/aromatic N) is 1. The van der Waals surface area contributed by atoms with E-state index in [4.69, 9.17) is 14.2 Å². The van der Waals surface area contributed by atoms with Gasteiger partial charge in [0.25, 0.3) is 10.1 Å². The first-order chi connectivity index (χ1) is 16.1. The molecule has 34 heavy (non-hydrogen) atoms. The summed E-state index contributed by atoms with van der Waals surface area (Å²) in [5.74, 6) is -0.176. The molecular formula is C25H40NO7S+. The molecule has 0 aromatic heterocycles. The zero-order chi connectivity index (χ0) is 25.4. The van der Waals surface area contributed by atoms with Crippen LogP contribution >= 0.6 is 0 Å². The van der Waals surface area contributed by atoms with Crippen LogP contribution in [0.25, 0.3) is 0 Å². The molecule has 1 aromatic carbocycles. The van der Waals surface area contributed by atoms with E-state index in [2.05, 4.69) is 18.4 Å². The predicted molar refractivity (Wildman–Crippen MR) is 130 cm³/mol. The van der Waals surface area contributed by atoms with Gasteiger partial charge in [-0.1, -0.05) is 12.8 Å². The summed E-state index contributed by atoms with van der Waals surface area (Å²) in [5, 5.41) is 0. The van der Waals surface area contributed by atoms with E-state index in [9.17, 15) is 17.8 Å². The number of hydrogen-bond donors (Lipinski definition) is 1. The molecule has 2 rings (SSSR count). The molecule has 0 fully saturated rings. The van der Waals surface area contributed by atoms with Crippen LogP contribution in [-0.2, 0) is 34.5 Å². The minimum absolute atomic E-state index is 0.101. The molecule has 1 atom stereocenters. The molecule has 0 spiro atoms. The molecule has 1 aromatic rings. The Kier molecular flexibility index (Phi) is 10.7. The number of unbranched alkanes of at least 4 members (excludes halogenated alkanes) is 2. The van der Waals surface area contributed by atoms with E-state index < -0.39 is 15.5 Å². The molecule has 9 heteroatoms. The van der Waals surface area contributed by atoms with Crippen LogP contribution in [0.4, 0.5) is 5.69 Å². The molecule has 1 unspecified atom stereocenters. The second-order valence-corrected chi connectivity index (χ2v) is 10.1. The SMILES string of the molecule is CCOC(=O)CCCCCC1(C)C(C)=[N+](CCC(OCC)OCC)c2ccc(S(=O)(=O)O)cc21. The Balaban J connectivity index is 2.26. The van der Waals surface area contributed by atoms with Gasteiger partial charge in [0.1, 0.15) is 0 Å². The third-order valence-electron chi connectivity index (χ3n) is 6.51. The Morgan fingerprint density at radius 1 is 1.09 bits per heavy atom. The summed E-state index contributed by atoms with van der Waals surface area (Å²) < 4.78 is 51.9. The molecule has 0 amide bonds. The minimum Gasteiger partial charge on any atom is -0.466 e. The zero-order valence-electron chi connectivity index (χ0n) is 21.1. The van der Waals surface area contributed by atoms with E-state index in [1.807, 2.05) is 13.8 Å². The fraction of sp³-hybridized carbons (Fsp3) is 0.680. The molecule has 1 heterocycles. The number of carbonyl (C=O) groups is 1. The highest BCUT2D eigenvalue weighted by molar-refractivity contribution is 7.85. The van der Waals surface area contributed by atoms with Gasteiger partial charge in [0, 0.05) is 38.2 Å². The Morgan fingerprint density at radius 3 is 2.35 bits per heavy atom. The lowest BCUT2D eigenvalue weighted by molar-refractivity contribution is -0.444. The summed E-state index contributed by atoms with van der Waals surface area (Å²) in [6.45, 7) is 12.0. The number of benzene rings is 1. The normalized spacial score (nSPS) is 18.0. The van der Waals surface area contributed by atoms with Crippen molar-refractivity contribution in [2.24, 2.45) is 0 Å². The highest BCUT2D eigenvalue weighted by atomic mass is 32.2. The highest BCUT2D eigenvalue weighted by Crippen LogP contribution is 2.44. The summed E-state index contributed by atoms with van der Waals surface area (Å²) in [6, 6.07) is 4.81. The van der Waals surface area contributed by atoms with E-state index in [1.165, 1.54) is 6.07 Å². The molecular weight excluding hydrogens is 458 g/mol. The van der Waals surface area contributed by atoms with Gasteiger partial charge in [0.05, 0.1) is 23.3 Å². The first-order valence-corrected chi connectivity index (χ1v) is 13.6. The fourth-order valence-electron chi connectivity index (χ4n) is 4.61. The Hall–Kier alpha value is -1.81. The van der Waals surface area contributed by atoms with Gasteiger partial charge in [-0.15, -0.1) is 0 Å². The second kappa shape index (κ2) is 12.8. The van der Waals surface area contributed by atoms with Crippen molar-refractivity contribution in [1.29, 1.82) is 0 Å². The zero-order valence-corrected chi connectivity index (χ0v) is 21.9. The van der Waals surface area contributed by atoms with Crippen LogP contribution in [-0.4, -0.2) is 61.9 Å². The van der Waals surface area contributed by atoms with Crippen molar-refractivity contribution < 1.29 is 36.6 Å². The molecule has 8 nitrogen and oxygen atoms in total. The van der Waals surface area contributed by atoms with Crippen molar-refractivity contribution in [2.75, 3.05) is 26.4 Å². The topological polar surface area (TPSA) is 102 Å². The summed E-state index contributed by atoms with van der Waals surface area (Å²) in [7, 11) is -4.31. The van der Waals surface area contributed by atoms with Gasteiger partial charge in [0.15, 0.2) is 18.5 Å². The van der Waals surface area contributed by atoms with Crippen molar-refractivity contribution >= 4 is 27.5 Å². The van der Waals surface area contributed by atoms with E-state index in [1.54, 1.807) is 19.1 Å². The quantitative estimate of drug-likeness (QED) is 0.124. The molecule has 1 aliphatic rings. The molecule has 0 aliphatic carbocycles. The number of hydrogen-bond acceptors (Lipinski definition) is 6. The molecule has 0 bridgehead atoms. The number of rotatable bonds is 15. The number of carbonyl (C=O) groups excluding carboxylic acids is 1. The van der Waals surface area contributed by atoms with Gasteiger partial charge in [-0.3, -0.25) is 9.35 Å².